The summed E-state index contributed by atoms with van der Waals surface area (Å²) in [6.07, 6.45) is 24.0. The number of aliphatic imine (C=N–C) groups is 4. The lowest BCUT2D eigenvalue weighted by Gasteiger charge is -2.28. The van der Waals surface area contributed by atoms with Crippen molar-refractivity contribution in [3.05, 3.63) is 134 Å². The maximum atomic E-state index is 11.7. The molecule has 0 saturated heterocycles. The van der Waals surface area contributed by atoms with Gasteiger partial charge in [-0.05, 0) is 131 Å². The van der Waals surface area contributed by atoms with E-state index in [9.17, 15) is 20.4 Å². The van der Waals surface area contributed by atoms with Crippen LogP contribution < -0.4 is 15.2 Å². The van der Waals surface area contributed by atoms with Crippen molar-refractivity contribution in [1.29, 1.82) is 0 Å². The van der Waals surface area contributed by atoms with Crippen molar-refractivity contribution in [2.24, 2.45) is 20.0 Å². The Labute approximate surface area is 524 Å². The molecule has 2 aliphatic carbocycles. The molecule has 0 bridgehead atoms. The number of phenols is 4. The fourth-order valence-corrected chi connectivity index (χ4v) is 12.0. The van der Waals surface area contributed by atoms with E-state index in [-0.39, 0.29) is 68.2 Å². The topological polar surface area (TPSA) is 163 Å². The van der Waals surface area contributed by atoms with Gasteiger partial charge in [0.25, 0.3) is 0 Å². The van der Waals surface area contributed by atoms with Crippen LogP contribution in [0, 0.1) is 0 Å². The third-order valence-electron chi connectivity index (χ3n) is 17.6. The zero-order valence-electron chi connectivity index (χ0n) is 56.8. The normalized spacial score (nSPS) is 18.8. The molecule has 6 N–H and O–H groups in total. The molecule has 12 nitrogen and oxygen atoms in total. The van der Waals surface area contributed by atoms with Crippen LogP contribution in [0.5, 0.6) is 23.0 Å². The molecule has 0 amide bonds. The number of hydrogen-bond donors (Lipinski definition) is 6. The van der Waals surface area contributed by atoms with E-state index in [0.29, 0.717) is 24.6 Å². The minimum absolute atomic E-state index is 0.0161. The lowest BCUT2D eigenvalue weighted by atomic mass is 9.79. The molecule has 0 unspecified atom stereocenters. The van der Waals surface area contributed by atoms with E-state index < -0.39 is 0 Å². The molecular formula is C75H111N8O4+. The molecule has 0 spiro atoms. The van der Waals surface area contributed by atoms with Crippen LogP contribution in [-0.4, -0.2) is 87.1 Å². The molecule has 5 aromatic rings. The maximum absolute atomic E-state index is 11.7. The fourth-order valence-electron chi connectivity index (χ4n) is 12.0. The minimum atomic E-state index is -0.262. The van der Waals surface area contributed by atoms with Crippen LogP contribution in [0.4, 0.5) is 0 Å². The van der Waals surface area contributed by atoms with Gasteiger partial charge in [-0.15, -0.1) is 0 Å². The number of imidazole rings is 1. The Morgan fingerprint density at radius 1 is 0.437 bits per heavy atom. The summed E-state index contributed by atoms with van der Waals surface area (Å²) in [5.41, 5.74) is 10.1. The summed E-state index contributed by atoms with van der Waals surface area (Å²) in [6.45, 7) is 43.8. The van der Waals surface area contributed by atoms with Crippen molar-refractivity contribution in [3.63, 3.8) is 0 Å². The largest absolute Gasteiger partial charge is 0.507 e. The van der Waals surface area contributed by atoms with E-state index >= 15 is 0 Å². The second-order valence-electron chi connectivity index (χ2n) is 31.5. The van der Waals surface area contributed by atoms with Gasteiger partial charge in [-0.25, -0.2) is 9.13 Å². The summed E-state index contributed by atoms with van der Waals surface area (Å²) in [6, 6.07) is 16.8. The molecule has 2 fully saturated rings. The third-order valence-corrected chi connectivity index (χ3v) is 17.6. The highest BCUT2D eigenvalue weighted by Gasteiger charge is 2.30. The van der Waals surface area contributed by atoms with Crippen LogP contribution in [0.1, 0.15) is 256 Å². The van der Waals surface area contributed by atoms with Crippen LogP contribution in [0.15, 0.2) is 87.2 Å². The highest BCUT2D eigenvalue weighted by Crippen LogP contribution is 2.41. The molecule has 1 aromatic heterocycles. The van der Waals surface area contributed by atoms with Gasteiger partial charge >= 0.3 is 0 Å². The predicted octanol–water partition coefficient (Wildman–Crippen LogP) is 15.4. The van der Waals surface area contributed by atoms with Gasteiger partial charge in [-0.3, -0.25) is 20.0 Å². The highest BCUT2D eigenvalue weighted by atomic mass is 16.3. The number of nitrogens with one attached hydrogen (secondary N) is 2. The SMILES string of the molecule is CC(C)(C)c1cc(C=N[C@@H]2CCCC[C@H]2N=Cc2cc(CNCCCn3cc[n+](CCCNCc4cc(C=N[C@@H]5CCCC[C@H]5N=Cc5cc(C(C)(C)C)cc(C(C)(C)C)c5O)c(O)c(C(C)(C)C)c4)c3)cc(C(C)(C)C)c2O)c(O)c(C(C)(C)C)c1. The van der Waals surface area contributed by atoms with Gasteiger partial charge in [-0.2, -0.15) is 0 Å². The molecule has 2 aliphatic rings. The van der Waals surface area contributed by atoms with Crippen LogP contribution in [-0.2, 0) is 58.7 Å². The standard InChI is InChI=1S/C75H110N8O4/c1-70(2,3)56-39-54(68(86)60(41-56)74(13,14)15)47-80-64-27-21-19-25-62(64)78-45-52-35-50(37-58(66(52)84)72(7,8)9)43-76-29-23-31-82-33-34-83(49-82)32-24-30-77-44-51-36-53(67(85)59(38-51)73(10,11)12)46-79-63-26-20-22-28-65(63)81-48-55-40-57(71(4,5)6)42-61(69(55)87)75(16,17)18/h33-42,45-49,62-65,76-77H,19-32,43-44H2,1-18H3,(H3-,78,79,80,81,84,85,86,87)/p+1/t62-,63-,64-,65-/m1/s1. The number of hydrogen-bond acceptors (Lipinski definition) is 10. The quantitative estimate of drug-likeness (QED) is 0.0258. The Hall–Kier alpha value is -6.11. The van der Waals surface area contributed by atoms with Gasteiger partial charge < -0.3 is 31.1 Å². The van der Waals surface area contributed by atoms with Gasteiger partial charge in [0, 0.05) is 82.5 Å². The fraction of sp³-hybridized carbons (Fsp3) is 0.587. The average Bonchev–Trinajstić information content (AvgIpc) is 1.48. The zero-order valence-corrected chi connectivity index (χ0v) is 56.8. The first-order valence-electron chi connectivity index (χ1n) is 32.7. The van der Waals surface area contributed by atoms with E-state index in [1.807, 2.05) is 24.9 Å². The van der Waals surface area contributed by atoms with Crippen molar-refractivity contribution in [1.82, 2.24) is 15.2 Å². The first-order valence-corrected chi connectivity index (χ1v) is 32.7. The van der Waals surface area contributed by atoms with Gasteiger partial charge in [-0.1, -0.05) is 175 Å². The second-order valence-corrected chi connectivity index (χ2v) is 31.5. The van der Waals surface area contributed by atoms with Gasteiger partial charge in [0.1, 0.15) is 35.4 Å². The van der Waals surface area contributed by atoms with E-state index in [2.05, 4.69) is 212 Å². The van der Waals surface area contributed by atoms with Crippen LogP contribution in [0.2, 0.25) is 0 Å². The highest BCUT2D eigenvalue weighted by molar-refractivity contribution is 5.87. The summed E-state index contributed by atoms with van der Waals surface area (Å²) in [5.74, 6) is 1.17. The summed E-state index contributed by atoms with van der Waals surface area (Å²) in [4.78, 5) is 20.5. The lowest BCUT2D eigenvalue weighted by Crippen LogP contribution is -2.33. The molecule has 7 rings (SSSR count). The predicted molar refractivity (Wildman–Crippen MR) is 364 cm³/mol. The summed E-state index contributed by atoms with van der Waals surface area (Å²) >= 11 is 0. The smallest absolute Gasteiger partial charge is 0.243 e. The monoisotopic (exact) mass is 1190 g/mol. The Morgan fingerprint density at radius 2 is 0.759 bits per heavy atom. The Balaban J connectivity index is 0.910. The average molecular weight is 1190 g/mol. The molecule has 474 valence electrons. The molecule has 0 aliphatic heterocycles. The zero-order chi connectivity index (χ0) is 63.9. The first kappa shape index (κ1) is 68.4. The Bertz CT molecular complexity index is 3030. The molecule has 12 heteroatoms. The van der Waals surface area contributed by atoms with E-state index in [4.69, 9.17) is 20.0 Å². The van der Waals surface area contributed by atoms with Gasteiger partial charge in [0.15, 0.2) is 0 Å². The number of rotatable bonds is 20. The first-order chi connectivity index (χ1) is 40.6. The van der Waals surface area contributed by atoms with Crippen molar-refractivity contribution >= 4 is 24.9 Å². The van der Waals surface area contributed by atoms with Crippen molar-refractivity contribution in [2.75, 3.05) is 13.1 Å². The maximum Gasteiger partial charge on any atom is 0.243 e. The van der Waals surface area contributed by atoms with Crippen molar-refractivity contribution in [2.45, 2.75) is 272 Å². The molecular weight excluding hydrogens is 1080 g/mol. The second kappa shape index (κ2) is 28.2. The number of aryl methyl sites for hydroxylation is 2. The van der Waals surface area contributed by atoms with Crippen LogP contribution >= 0.6 is 0 Å². The molecule has 87 heavy (non-hydrogen) atoms. The Kier molecular flexibility index (Phi) is 22.1. The van der Waals surface area contributed by atoms with E-state index in [1.54, 1.807) is 0 Å². The molecule has 4 atom stereocenters. The molecule has 0 radical (unpaired) electrons. The number of aromatic nitrogens is 2. The summed E-state index contributed by atoms with van der Waals surface area (Å²) in [7, 11) is 0. The molecule has 2 saturated carbocycles. The lowest BCUT2D eigenvalue weighted by molar-refractivity contribution is -0.696. The molecule has 1 heterocycles. The summed E-state index contributed by atoms with van der Waals surface area (Å²) in [5, 5.41) is 53.6. The summed E-state index contributed by atoms with van der Waals surface area (Å²) < 4.78 is 4.52. The van der Waals surface area contributed by atoms with Crippen molar-refractivity contribution < 1.29 is 25.0 Å². The van der Waals surface area contributed by atoms with Crippen LogP contribution in [0.3, 0.4) is 0 Å². The van der Waals surface area contributed by atoms with Crippen LogP contribution in [0.25, 0.3) is 0 Å². The number of phenolic OH excluding ortho intramolecular Hbond substituents is 4. The van der Waals surface area contributed by atoms with E-state index in [0.717, 1.165) is 146 Å². The third kappa shape index (κ3) is 18.7. The van der Waals surface area contributed by atoms with Gasteiger partial charge in [0.2, 0.25) is 6.33 Å². The number of benzene rings is 4. The number of aromatic hydroxyl groups is 4. The van der Waals surface area contributed by atoms with Crippen molar-refractivity contribution in [3.8, 4) is 23.0 Å². The number of nitrogens with zero attached hydrogens (tertiary/aromatic N) is 6. The van der Waals surface area contributed by atoms with Gasteiger partial charge in [0.05, 0.1) is 37.3 Å². The van der Waals surface area contributed by atoms with E-state index in [1.165, 1.54) is 11.1 Å². The Morgan fingerprint density at radius 3 is 1.09 bits per heavy atom. The minimum Gasteiger partial charge on any atom is -0.507 e. The molecule has 4 aromatic carbocycles.